The van der Waals surface area contributed by atoms with Gasteiger partial charge in [0.1, 0.15) is 12.3 Å². The smallest absolute Gasteiger partial charge is 0.323 e. The van der Waals surface area contributed by atoms with Crippen LogP contribution in [0.5, 0.6) is 5.75 Å². The second-order valence-corrected chi connectivity index (χ2v) is 11.5. The molecule has 1 saturated heterocycles. The van der Waals surface area contributed by atoms with E-state index in [0.717, 1.165) is 10.9 Å². The van der Waals surface area contributed by atoms with Crippen molar-refractivity contribution in [3.8, 4) is 5.75 Å². The van der Waals surface area contributed by atoms with E-state index in [1.54, 1.807) is 61.3 Å². The SMILES string of the molecule is CC(C)Oc1ccc(S(=O)(=O)N2CCC(c3cn(CC(=O)O)c4cc(C(=O)N(C)C)ccc34)C2)cc1. The molecular formula is C26H31N3O6S. The zero-order valence-electron chi connectivity index (χ0n) is 20.8. The van der Waals surface area contributed by atoms with Crippen molar-refractivity contribution in [1.29, 1.82) is 0 Å². The predicted octanol–water partition coefficient (Wildman–Crippen LogP) is 3.39. The van der Waals surface area contributed by atoms with Crippen LogP contribution in [0.3, 0.4) is 0 Å². The van der Waals surface area contributed by atoms with Gasteiger partial charge in [-0.05, 0) is 62.2 Å². The molecule has 1 unspecified atom stereocenters. The van der Waals surface area contributed by atoms with Crippen molar-refractivity contribution in [3.05, 3.63) is 59.8 Å². The van der Waals surface area contributed by atoms with Gasteiger partial charge in [0.15, 0.2) is 0 Å². The number of rotatable bonds is 8. The maximum absolute atomic E-state index is 13.3. The van der Waals surface area contributed by atoms with Crippen molar-refractivity contribution < 1.29 is 27.9 Å². The Kier molecular flexibility index (Phi) is 7.10. The summed E-state index contributed by atoms with van der Waals surface area (Å²) in [4.78, 5) is 25.6. The third-order valence-electron chi connectivity index (χ3n) is 6.30. The first-order chi connectivity index (χ1) is 17.0. The summed E-state index contributed by atoms with van der Waals surface area (Å²) in [5.74, 6) is -0.661. The number of benzene rings is 2. The fourth-order valence-corrected chi connectivity index (χ4v) is 6.13. The van der Waals surface area contributed by atoms with Crippen LogP contribution in [0.4, 0.5) is 0 Å². The van der Waals surface area contributed by atoms with Crippen molar-refractivity contribution in [2.75, 3.05) is 27.2 Å². The molecule has 0 radical (unpaired) electrons. The molecular weight excluding hydrogens is 482 g/mol. The third-order valence-corrected chi connectivity index (χ3v) is 8.18. The maximum atomic E-state index is 13.3. The first-order valence-electron chi connectivity index (χ1n) is 11.8. The van der Waals surface area contributed by atoms with Crippen LogP contribution in [-0.4, -0.2) is 72.5 Å². The van der Waals surface area contributed by atoms with E-state index in [1.165, 1.54) is 9.21 Å². The molecule has 0 saturated carbocycles. The molecule has 4 rings (SSSR count). The number of carbonyl (C=O) groups is 2. The van der Waals surface area contributed by atoms with Gasteiger partial charge in [0.25, 0.3) is 5.91 Å². The summed E-state index contributed by atoms with van der Waals surface area (Å²) < 4.78 is 35.3. The van der Waals surface area contributed by atoms with Gasteiger partial charge in [-0.15, -0.1) is 0 Å². The number of amides is 1. The lowest BCUT2D eigenvalue weighted by molar-refractivity contribution is -0.137. The Labute approximate surface area is 210 Å². The van der Waals surface area contributed by atoms with Gasteiger partial charge in [-0.3, -0.25) is 9.59 Å². The van der Waals surface area contributed by atoms with Crippen LogP contribution in [0, 0.1) is 0 Å². The maximum Gasteiger partial charge on any atom is 0.323 e. The second-order valence-electron chi connectivity index (χ2n) is 9.52. The van der Waals surface area contributed by atoms with Crippen molar-refractivity contribution in [1.82, 2.24) is 13.8 Å². The molecule has 10 heteroatoms. The highest BCUT2D eigenvalue weighted by Gasteiger charge is 2.34. The summed E-state index contributed by atoms with van der Waals surface area (Å²) in [6.45, 7) is 4.21. The molecule has 9 nitrogen and oxygen atoms in total. The van der Waals surface area contributed by atoms with Crippen LogP contribution in [0.2, 0.25) is 0 Å². The zero-order valence-corrected chi connectivity index (χ0v) is 21.7. The summed E-state index contributed by atoms with van der Waals surface area (Å²) >= 11 is 0. The van der Waals surface area contributed by atoms with Crippen LogP contribution in [-0.2, 0) is 21.4 Å². The molecule has 1 aromatic heterocycles. The highest BCUT2D eigenvalue weighted by atomic mass is 32.2. The van der Waals surface area contributed by atoms with Gasteiger partial charge in [-0.2, -0.15) is 4.31 Å². The number of aromatic nitrogens is 1. The number of sulfonamides is 1. The lowest BCUT2D eigenvalue weighted by Crippen LogP contribution is -2.28. The minimum absolute atomic E-state index is 0.00728. The van der Waals surface area contributed by atoms with E-state index in [1.807, 2.05) is 19.9 Å². The van der Waals surface area contributed by atoms with E-state index >= 15 is 0 Å². The first kappa shape index (κ1) is 25.7. The molecule has 0 aliphatic carbocycles. The van der Waals surface area contributed by atoms with Gasteiger partial charge in [-0.1, -0.05) is 6.07 Å². The first-order valence-corrected chi connectivity index (χ1v) is 13.2. The molecule has 1 aliphatic heterocycles. The Bertz CT molecular complexity index is 1390. The molecule has 1 atom stereocenters. The van der Waals surface area contributed by atoms with Crippen LogP contribution >= 0.6 is 0 Å². The van der Waals surface area contributed by atoms with E-state index in [9.17, 15) is 23.1 Å². The molecule has 0 spiro atoms. The van der Waals surface area contributed by atoms with E-state index in [2.05, 4.69) is 0 Å². The van der Waals surface area contributed by atoms with Gasteiger partial charge in [0, 0.05) is 55.8 Å². The fraction of sp³-hybridized carbons (Fsp3) is 0.385. The zero-order chi connectivity index (χ0) is 26.2. The summed E-state index contributed by atoms with van der Waals surface area (Å²) in [5, 5.41) is 10.2. The number of fused-ring (bicyclic) bond motifs is 1. The van der Waals surface area contributed by atoms with Crippen LogP contribution < -0.4 is 4.74 Å². The molecule has 36 heavy (non-hydrogen) atoms. The Morgan fingerprint density at radius 1 is 1.14 bits per heavy atom. The normalized spacial score (nSPS) is 16.5. The summed E-state index contributed by atoms with van der Waals surface area (Å²) in [6, 6.07) is 11.7. The van der Waals surface area contributed by atoms with Gasteiger partial charge >= 0.3 is 5.97 Å². The molecule has 3 aromatic rings. The van der Waals surface area contributed by atoms with Crippen molar-refractivity contribution in [2.24, 2.45) is 0 Å². The molecule has 1 N–H and O–H groups in total. The number of hydrogen-bond acceptors (Lipinski definition) is 5. The Hall–Kier alpha value is -3.37. The number of hydrogen-bond donors (Lipinski definition) is 1. The number of nitrogens with zero attached hydrogens (tertiary/aromatic N) is 3. The molecule has 1 aliphatic rings. The van der Waals surface area contributed by atoms with Crippen molar-refractivity contribution in [3.63, 3.8) is 0 Å². The van der Waals surface area contributed by atoms with Gasteiger partial charge in [0.2, 0.25) is 10.0 Å². The van der Waals surface area contributed by atoms with Gasteiger partial charge in [0.05, 0.1) is 11.0 Å². The minimum Gasteiger partial charge on any atom is -0.491 e. The number of aliphatic carboxylic acids is 1. The average Bonchev–Trinajstić information content (AvgIpc) is 3.44. The van der Waals surface area contributed by atoms with E-state index in [-0.39, 0.29) is 35.9 Å². The van der Waals surface area contributed by atoms with Crippen LogP contribution in [0.1, 0.15) is 42.1 Å². The number of carboxylic acids is 1. The minimum atomic E-state index is -3.69. The average molecular weight is 514 g/mol. The lowest BCUT2D eigenvalue weighted by atomic mass is 9.97. The Morgan fingerprint density at radius 3 is 2.44 bits per heavy atom. The number of ether oxygens (including phenoxy) is 1. The molecule has 2 aromatic carbocycles. The highest BCUT2D eigenvalue weighted by Crippen LogP contribution is 2.36. The molecule has 2 heterocycles. The Morgan fingerprint density at radius 2 is 1.83 bits per heavy atom. The molecule has 192 valence electrons. The number of carbonyl (C=O) groups excluding carboxylic acids is 1. The number of carboxylic acid groups (broad SMARTS) is 1. The van der Waals surface area contributed by atoms with E-state index in [4.69, 9.17) is 4.74 Å². The fourth-order valence-electron chi connectivity index (χ4n) is 4.63. The van der Waals surface area contributed by atoms with Crippen molar-refractivity contribution >= 4 is 32.8 Å². The molecule has 0 bridgehead atoms. The Balaban J connectivity index is 1.62. The van der Waals surface area contributed by atoms with Crippen LogP contribution in [0.15, 0.2) is 53.6 Å². The summed E-state index contributed by atoms with van der Waals surface area (Å²) in [5.41, 5.74) is 1.99. The van der Waals surface area contributed by atoms with Crippen LogP contribution in [0.25, 0.3) is 10.9 Å². The highest BCUT2D eigenvalue weighted by molar-refractivity contribution is 7.89. The largest absolute Gasteiger partial charge is 0.491 e. The molecule has 1 fully saturated rings. The third kappa shape index (κ3) is 5.10. The summed E-state index contributed by atoms with van der Waals surface area (Å²) in [7, 11) is -0.372. The van der Waals surface area contributed by atoms with E-state index < -0.39 is 16.0 Å². The topological polar surface area (TPSA) is 109 Å². The quantitative estimate of drug-likeness (QED) is 0.495. The lowest BCUT2D eigenvalue weighted by Gasteiger charge is -2.17. The van der Waals surface area contributed by atoms with E-state index in [0.29, 0.717) is 29.8 Å². The predicted molar refractivity (Wildman–Crippen MR) is 136 cm³/mol. The second kappa shape index (κ2) is 9.94. The van der Waals surface area contributed by atoms with Crippen molar-refractivity contribution in [2.45, 2.75) is 43.7 Å². The molecule has 1 amide bonds. The monoisotopic (exact) mass is 513 g/mol. The van der Waals surface area contributed by atoms with Gasteiger partial charge < -0.3 is 19.3 Å². The summed E-state index contributed by atoms with van der Waals surface area (Å²) in [6.07, 6.45) is 2.38. The standard InChI is InChI=1S/C26H31N3O6S/c1-17(2)35-20-6-8-21(9-7-20)36(33,34)29-12-11-19(14-29)23-15-28(16-25(30)31)24-13-18(5-10-22(23)24)26(32)27(3)4/h5-10,13,15,17,19H,11-12,14,16H2,1-4H3,(H,30,31). The van der Waals surface area contributed by atoms with Gasteiger partial charge in [-0.25, -0.2) is 8.42 Å².